The van der Waals surface area contributed by atoms with Gasteiger partial charge in [-0.2, -0.15) is 0 Å². The van der Waals surface area contributed by atoms with Gasteiger partial charge in [-0.3, -0.25) is 4.57 Å². The van der Waals surface area contributed by atoms with Crippen molar-refractivity contribution in [1.29, 1.82) is 0 Å². The summed E-state index contributed by atoms with van der Waals surface area (Å²) in [4.78, 5) is 11.1. The summed E-state index contributed by atoms with van der Waals surface area (Å²) >= 11 is 1.88. The Labute approximate surface area is 341 Å². The van der Waals surface area contributed by atoms with E-state index in [-0.39, 0.29) is 0 Å². The molecule has 0 saturated carbocycles. The molecular weight excluding hydrogens is 737 g/mol. The van der Waals surface area contributed by atoms with Crippen molar-refractivity contribution in [2.45, 2.75) is 0 Å². The lowest BCUT2D eigenvalue weighted by molar-refractivity contribution is 1.01. The standard InChI is InChI=1S/C54H30N4S/c1-2-9-31(10-3-1)32-17-19-33(20-18-32)34-21-23-36(24-22-34)52-47-37-12-5-4-11-35(37)25-27-40(47)55-54(56-52)58-43-29-30-46-51-48-42(15-8-16-45(48)59-46)57-41-14-7-6-13-38(41)39-26-28-44(58)50(49(43)51)53(39)57/h1-30H. The summed E-state index contributed by atoms with van der Waals surface area (Å²) < 4.78 is 7.44. The van der Waals surface area contributed by atoms with E-state index in [1.165, 1.54) is 85.9 Å². The Hall–Kier alpha value is -7.60. The number of hydrogen-bond acceptors (Lipinski definition) is 3. The molecule has 5 aromatic heterocycles. The highest BCUT2D eigenvalue weighted by Crippen LogP contribution is 2.50. The van der Waals surface area contributed by atoms with E-state index in [0.717, 1.165) is 38.6 Å². The van der Waals surface area contributed by atoms with Crippen molar-refractivity contribution in [2.75, 3.05) is 0 Å². The third-order valence-electron chi connectivity index (χ3n) is 12.7. The molecule has 0 atom stereocenters. The van der Waals surface area contributed by atoms with Crippen LogP contribution in [0.2, 0.25) is 0 Å². The number of thiophene rings is 1. The fourth-order valence-electron chi connectivity index (χ4n) is 10.1. The average Bonchev–Trinajstić information content (AvgIpc) is 3.93. The zero-order valence-corrected chi connectivity index (χ0v) is 32.3. The minimum absolute atomic E-state index is 0.671. The van der Waals surface area contributed by atoms with Gasteiger partial charge in [-0.25, -0.2) is 9.97 Å². The van der Waals surface area contributed by atoms with Crippen LogP contribution in [-0.4, -0.2) is 18.9 Å². The van der Waals surface area contributed by atoms with E-state index in [2.05, 4.69) is 191 Å². The lowest BCUT2D eigenvalue weighted by Crippen LogP contribution is -2.04. The van der Waals surface area contributed by atoms with Gasteiger partial charge in [0.15, 0.2) is 0 Å². The summed E-state index contributed by atoms with van der Waals surface area (Å²) in [7, 11) is 0. The van der Waals surface area contributed by atoms with E-state index in [1.807, 2.05) is 11.3 Å². The Kier molecular flexibility index (Phi) is 6.14. The van der Waals surface area contributed by atoms with Crippen LogP contribution >= 0.6 is 11.3 Å². The van der Waals surface area contributed by atoms with Crippen LogP contribution in [0.3, 0.4) is 0 Å². The molecule has 59 heavy (non-hydrogen) atoms. The number of rotatable bonds is 4. The molecule has 0 saturated heterocycles. The Balaban J connectivity index is 1.04. The molecule has 0 bridgehead atoms. The molecule has 5 heterocycles. The van der Waals surface area contributed by atoms with Crippen LogP contribution in [0, 0.1) is 0 Å². The number of para-hydroxylation sites is 1. The lowest BCUT2D eigenvalue weighted by atomic mass is 9.97. The molecule has 0 radical (unpaired) electrons. The molecule has 4 nitrogen and oxygen atoms in total. The second kappa shape index (κ2) is 11.5. The molecule has 0 aliphatic carbocycles. The van der Waals surface area contributed by atoms with Crippen LogP contribution in [-0.2, 0) is 0 Å². The highest BCUT2D eigenvalue weighted by Gasteiger charge is 2.27. The Morgan fingerprint density at radius 1 is 0.356 bits per heavy atom. The molecule has 0 N–H and O–H groups in total. The van der Waals surface area contributed by atoms with E-state index in [4.69, 9.17) is 9.97 Å². The molecule has 0 unspecified atom stereocenters. The highest BCUT2D eigenvalue weighted by atomic mass is 32.1. The average molecular weight is 767 g/mol. The van der Waals surface area contributed by atoms with Gasteiger partial charge in [0.2, 0.25) is 5.95 Å². The van der Waals surface area contributed by atoms with E-state index in [1.54, 1.807) is 0 Å². The predicted octanol–water partition coefficient (Wildman–Crippen LogP) is 14.7. The molecule has 0 spiro atoms. The fraction of sp³-hybridized carbons (Fsp3) is 0. The summed E-state index contributed by atoms with van der Waals surface area (Å²) in [5.41, 5.74) is 13.6. The first-order valence-corrected chi connectivity index (χ1v) is 20.9. The van der Waals surface area contributed by atoms with Crippen molar-refractivity contribution in [3.05, 3.63) is 182 Å². The summed E-state index contributed by atoms with van der Waals surface area (Å²) in [6.07, 6.45) is 0. The molecule has 272 valence electrons. The molecule has 5 heteroatoms. The second-order valence-corrected chi connectivity index (χ2v) is 16.8. The van der Waals surface area contributed by atoms with E-state index >= 15 is 0 Å². The van der Waals surface area contributed by atoms with Gasteiger partial charge in [-0.1, -0.05) is 140 Å². The molecule has 0 amide bonds. The van der Waals surface area contributed by atoms with E-state index in [9.17, 15) is 0 Å². The van der Waals surface area contributed by atoms with Gasteiger partial charge >= 0.3 is 0 Å². The Morgan fingerprint density at radius 2 is 1.00 bits per heavy atom. The largest absolute Gasteiger partial charge is 0.308 e. The molecule has 9 aromatic carbocycles. The normalized spacial score (nSPS) is 12.4. The van der Waals surface area contributed by atoms with Gasteiger partial charge in [-0.05, 0) is 75.5 Å². The molecule has 14 rings (SSSR count). The number of nitrogens with zero attached hydrogens (tertiary/aromatic N) is 4. The van der Waals surface area contributed by atoms with Crippen LogP contribution in [0.15, 0.2) is 182 Å². The molecule has 0 fully saturated rings. The first kappa shape index (κ1) is 31.5. The first-order valence-electron chi connectivity index (χ1n) is 20.1. The number of benzene rings is 9. The van der Waals surface area contributed by atoms with E-state index < -0.39 is 0 Å². The fourth-order valence-corrected chi connectivity index (χ4v) is 11.2. The van der Waals surface area contributed by atoms with Crippen molar-refractivity contribution in [1.82, 2.24) is 18.9 Å². The molecule has 0 aliphatic rings. The lowest BCUT2D eigenvalue weighted by Gasteiger charge is -2.14. The monoisotopic (exact) mass is 766 g/mol. The van der Waals surface area contributed by atoms with Gasteiger partial charge in [0.05, 0.1) is 38.8 Å². The van der Waals surface area contributed by atoms with Crippen LogP contribution in [0.1, 0.15) is 0 Å². The van der Waals surface area contributed by atoms with Crippen molar-refractivity contribution < 1.29 is 0 Å². The quantitative estimate of drug-likeness (QED) is 0.167. The van der Waals surface area contributed by atoms with Crippen molar-refractivity contribution in [3.8, 4) is 39.5 Å². The summed E-state index contributed by atoms with van der Waals surface area (Å²) in [6.45, 7) is 0. The third kappa shape index (κ3) is 4.21. The number of aromatic nitrogens is 4. The minimum atomic E-state index is 0.671. The second-order valence-electron chi connectivity index (χ2n) is 15.7. The molecule has 14 aromatic rings. The number of fused-ring (bicyclic) bond motifs is 7. The third-order valence-corrected chi connectivity index (χ3v) is 13.8. The highest BCUT2D eigenvalue weighted by molar-refractivity contribution is 7.26. The Morgan fingerprint density at radius 3 is 1.81 bits per heavy atom. The van der Waals surface area contributed by atoms with Crippen molar-refractivity contribution in [2.24, 2.45) is 0 Å². The van der Waals surface area contributed by atoms with Gasteiger partial charge in [0.25, 0.3) is 0 Å². The maximum absolute atomic E-state index is 5.62. The maximum Gasteiger partial charge on any atom is 0.235 e. The summed E-state index contributed by atoms with van der Waals surface area (Å²) in [6, 6.07) is 66.1. The minimum Gasteiger partial charge on any atom is -0.308 e. The Bertz CT molecular complexity index is 3980. The van der Waals surface area contributed by atoms with Crippen molar-refractivity contribution in [3.63, 3.8) is 0 Å². The van der Waals surface area contributed by atoms with Crippen LogP contribution in [0.5, 0.6) is 0 Å². The van der Waals surface area contributed by atoms with Gasteiger partial charge in [0, 0.05) is 52.7 Å². The van der Waals surface area contributed by atoms with Crippen LogP contribution in [0.25, 0.3) is 130 Å². The van der Waals surface area contributed by atoms with Gasteiger partial charge in [0.1, 0.15) is 0 Å². The predicted molar refractivity (Wildman–Crippen MR) is 249 cm³/mol. The molecular formula is C54H30N4S. The van der Waals surface area contributed by atoms with E-state index in [0.29, 0.717) is 5.95 Å². The first-order chi connectivity index (χ1) is 29.3. The zero-order valence-electron chi connectivity index (χ0n) is 31.5. The van der Waals surface area contributed by atoms with Gasteiger partial charge in [-0.15, -0.1) is 11.3 Å². The number of hydrogen-bond donors (Lipinski definition) is 0. The topological polar surface area (TPSA) is 35.1 Å². The molecule has 0 aliphatic heterocycles. The summed E-state index contributed by atoms with van der Waals surface area (Å²) in [5.74, 6) is 0.671. The van der Waals surface area contributed by atoms with Gasteiger partial charge < -0.3 is 4.40 Å². The summed E-state index contributed by atoms with van der Waals surface area (Å²) in [5, 5.41) is 11.1. The maximum atomic E-state index is 5.62. The van der Waals surface area contributed by atoms with Crippen molar-refractivity contribution >= 4 is 102 Å². The van der Waals surface area contributed by atoms with Crippen LogP contribution in [0.4, 0.5) is 0 Å². The zero-order chi connectivity index (χ0) is 38.3. The SMILES string of the molecule is c1ccc(-c2ccc(-c3ccc(-c4nc(-n5c6ccc7sc8cccc9c8c7c6c6c5ccc5c7ccccc7n9c56)nc5ccc6ccccc6c45)cc3)cc2)cc1. The van der Waals surface area contributed by atoms with Crippen LogP contribution < -0.4 is 0 Å². The smallest absolute Gasteiger partial charge is 0.235 e.